The van der Waals surface area contributed by atoms with Gasteiger partial charge in [-0.3, -0.25) is 10.4 Å². The van der Waals surface area contributed by atoms with Crippen LogP contribution in [-0.2, 0) is 13.0 Å². The zero-order chi connectivity index (χ0) is 19.2. The largest absolute Gasteiger partial charge is 0.328 e. The van der Waals surface area contributed by atoms with Crippen LogP contribution in [0.5, 0.6) is 0 Å². The molecule has 0 spiro atoms. The molecule has 0 unspecified atom stereocenters. The summed E-state index contributed by atoms with van der Waals surface area (Å²) in [6, 6.07) is 11.7. The number of H-pyrrole nitrogens is 1. The van der Waals surface area contributed by atoms with Gasteiger partial charge >= 0.3 is 6.03 Å². The standard InChI is InChI=1S/C20H26N6O/c1-15-18(16(2)24-23-15)10-7-13-25(3)20(27)22-19-11-12-21-26(19)14-17-8-5-4-6-9-17/h4-6,8-9,11-12H,7,10,13-14H2,1-3H3,(H,22,27)(H,23,24). The Morgan fingerprint density at radius 1 is 1.22 bits per heavy atom. The summed E-state index contributed by atoms with van der Waals surface area (Å²) in [5.41, 5.74) is 4.51. The molecule has 27 heavy (non-hydrogen) atoms. The number of amides is 2. The number of hydrogen-bond donors (Lipinski definition) is 2. The van der Waals surface area contributed by atoms with Gasteiger partial charge in [-0.2, -0.15) is 10.2 Å². The minimum absolute atomic E-state index is 0.134. The van der Waals surface area contributed by atoms with E-state index in [1.165, 1.54) is 5.56 Å². The van der Waals surface area contributed by atoms with Gasteiger partial charge in [-0.15, -0.1) is 0 Å². The van der Waals surface area contributed by atoms with Gasteiger partial charge in [-0.1, -0.05) is 30.3 Å². The maximum absolute atomic E-state index is 12.5. The number of urea groups is 1. The summed E-state index contributed by atoms with van der Waals surface area (Å²) in [7, 11) is 1.81. The molecule has 0 atom stereocenters. The fourth-order valence-electron chi connectivity index (χ4n) is 3.06. The molecule has 0 radical (unpaired) electrons. The van der Waals surface area contributed by atoms with Gasteiger partial charge in [0.05, 0.1) is 18.4 Å². The number of carbonyl (C=O) groups is 1. The van der Waals surface area contributed by atoms with E-state index in [1.54, 1.807) is 15.8 Å². The summed E-state index contributed by atoms with van der Waals surface area (Å²) in [5, 5.41) is 14.5. The maximum Gasteiger partial charge on any atom is 0.322 e. The Hall–Kier alpha value is -3.09. The molecule has 1 aromatic carbocycles. The summed E-state index contributed by atoms with van der Waals surface area (Å²) in [4.78, 5) is 14.2. The second-order valence-corrected chi connectivity index (χ2v) is 6.73. The molecule has 7 heteroatoms. The number of nitrogens with one attached hydrogen (secondary N) is 2. The van der Waals surface area contributed by atoms with E-state index in [9.17, 15) is 4.79 Å². The number of benzene rings is 1. The van der Waals surface area contributed by atoms with Gasteiger partial charge in [-0.25, -0.2) is 9.48 Å². The second-order valence-electron chi connectivity index (χ2n) is 6.73. The molecule has 0 aliphatic carbocycles. The van der Waals surface area contributed by atoms with Crippen molar-refractivity contribution < 1.29 is 4.79 Å². The Bertz CT molecular complexity index is 864. The molecule has 0 fully saturated rings. The second kappa shape index (κ2) is 8.53. The van der Waals surface area contributed by atoms with Crippen LogP contribution in [0.4, 0.5) is 10.6 Å². The third-order valence-electron chi connectivity index (χ3n) is 4.67. The smallest absolute Gasteiger partial charge is 0.322 e. The SMILES string of the molecule is Cc1n[nH]c(C)c1CCCN(C)C(=O)Nc1ccnn1Cc1ccccc1. The van der Waals surface area contributed by atoms with Crippen molar-refractivity contribution in [3.05, 3.63) is 65.1 Å². The first kappa shape index (κ1) is 18.7. The average Bonchev–Trinajstić information content (AvgIpc) is 3.23. The molecule has 0 saturated heterocycles. The molecule has 3 aromatic rings. The molecule has 2 aromatic heterocycles. The number of aromatic nitrogens is 4. The fourth-order valence-corrected chi connectivity index (χ4v) is 3.06. The molecule has 2 heterocycles. The van der Waals surface area contributed by atoms with E-state index in [0.717, 1.165) is 29.8 Å². The van der Waals surface area contributed by atoms with Crippen LogP contribution >= 0.6 is 0 Å². The fraction of sp³-hybridized carbons (Fsp3) is 0.350. The highest BCUT2D eigenvalue weighted by Crippen LogP contribution is 2.13. The highest BCUT2D eigenvalue weighted by molar-refractivity contribution is 5.88. The lowest BCUT2D eigenvalue weighted by Gasteiger charge is -2.18. The van der Waals surface area contributed by atoms with Crippen LogP contribution in [0.25, 0.3) is 0 Å². The van der Waals surface area contributed by atoms with Crippen LogP contribution in [0.3, 0.4) is 0 Å². The van der Waals surface area contributed by atoms with Crippen molar-refractivity contribution in [3.8, 4) is 0 Å². The predicted molar refractivity (Wildman–Crippen MR) is 106 cm³/mol. The zero-order valence-corrected chi connectivity index (χ0v) is 16.1. The van der Waals surface area contributed by atoms with E-state index < -0.39 is 0 Å². The topological polar surface area (TPSA) is 78.8 Å². The first-order chi connectivity index (χ1) is 13.0. The van der Waals surface area contributed by atoms with Gasteiger partial charge in [0.25, 0.3) is 0 Å². The minimum Gasteiger partial charge on any atom is -0.328 e. The Labute approximate surface area is 159 Å². The molecule has 2 amide bonds. The molecular formula is C20H26N6O. The lowest BCUT2D eigenvalue weighted by atomic mass is 10.1. The lowest BCUT2D eigenvalue weighted by Crippen LogP contribution is -2.33. The first-order valence-corrected chi connectivity index (χ1v) is 9.13. The molecule has 0 bridgehead atoms. The summed E-state index contributed by atoms with van der Waals surface area (Å²) in [5.74, 6) is 0.692. The number of rotatable bonds is 7. The monoisotopic (exact) mass is 366 g/mol. The van der Waals surface area contributed by atoms with Gasteiger partial charge in [0.15, 0.2) is 0 Å². The number of aromatic amines is 1. The van der Waals surface area contributed by atoms with Gasteiger partial charge in [-0.05, 0) is 37.8 Å². The van der Waals surface area contributed by atoms with E-state index in [4.69, 9.17) is 0 Å². The number of nitrogens with zero attached hydrogens (tertiary/aromatic N) is 4. The van der Waals surface area contributed by atoms with Gasteiger partial charge in [0.1, 0.15) is 5.82 Å². The highest BCUT2D eigenvalue weighted by atomic mass is 16.2. The summed E-state index contributed by atoms with van der Waals surface area (Å²) < 4.78 is 1.79. The van der Waals surface area contributed by atoms with Crippen LogP contribution in [0.15, 0.2) is 42.6 Å². The molecule has 7 nitrogen and oxygen atoms in total. The Balaban J connectivity index is 1.52. The van der Waals surface area contributed by atoms with Crippen molar-refractivity contribution in [2.45, 2.75) is 33.2 Å². The van der Waals surface area contributed by atoms with Crippen molar-refractivity contribution in [1.29, 1.82) is 0 Å². The average molecular weight is 366 g/mol. The third kappa shape index (κ3) is 4.75. The summed E-state index contributed by atoms with van der Waals surface area (Å²) in [6.07, 6.45) is 3.48. The Morgan fingerprint density at radius 3 is 2.70 bits per heavy atom. The van der Waals surface area contributed by atoms with E-state index in [-0.39, 0.29) is 6.03 Å². The first-order valence-electron chi connectivity index (χ1n) is 9.13. The number of anilines is 1. The Kier molecular flexibility index (Phi) is 5.90. The van der Waals surface area contributed by atoms with E-state index >= 15 is 0 Å². The van der Waals surface area contributed by atoms with Gasteiger partial charge in [0.2, 0.25) is 0 Å². The van der Waals surface area contributed by atoms with Crippen LogP contribution in [-0.4, -0.2) is 44.5 Å². The summed E-state index contributed by atoms with van der Waals surface area (Å²) in [6.45, 7) is 5.32. The molecule has 0 saturated carbocycles. The molecule has 0 aliphatic rings. The van der Waals surface area contributed by atoms with Gasteiger partial charge in [0, 0.05) is 25.4 Å². The molecule has 3 rings (SSSR count). The van der Waals surface area contributed by atoms with Crippen molar-refractivity contribution in [1.82, 2.24) is 24.9 Å². The van der Waals surface area contributed by atoms with E-state index in [2.05, 4.69) is 20.6 Å². The quantitative estimate of drug-likeness (QED) is 0.673. The normalized spacial score (nSPS) is 10.8. The third-order valence-corrected chi connectivity index (χ3v) is 4.67. The predicted octanol–water partition coefficient (Wildman–Crippen LogP) is 3.37. The molecular weight excluding hydrogens is 340 g/mol. The molecule has 0 aliphatic heterocycles. The maximum atomic E-state index is 12.5. The van der Waals surface area contributed by atoms with Crippen LogP contribution < -0.4 is 5.32 Å². The van der Waals surface area contributed by atoms with Crippen LogP contribution in [0, 0.1) is 13.8 Å². The Morgan fingerprint density at radius 2 is 2.00 bits per heavy atom. The molecule has 2 N–H and O–H groups in total. The zero-order valence-electron chi connectivity index (χ0n) is 16.1. The lowest BCUT2D eigenvalue weighted by molar-refractivity contribution is 0.221. The number of carbonyl (C=O) groups excluding carboxylic acids is 1. The van der Waals surface area contributed by atoms with Crippen molar-refractivity contribution >= 4 is 11.8 Å². The van der Waals surface area contributed by atoms with E-state index in [0.29, 0.717) is 18.9 Å². The van der Waals surface area contributed by atoms with Crippen LogP contribution in [0.2, 0.25) is 0 Å². The minimum atomic E-state index is -0.134. The van der Waals surface area contributed by atoms with Crippen molar-refractivity contribution in [2.24, 2.45) is 0 Å². The van der Waals surface area contributed by atoms with Crippen LogP contribution in [0.1, 0.15) is 28.9 Å². The summed E-state index contributed by atoms with van der Waals surface area (Å²) >= 11 is 0. The van der Waals surface area contributed by atoms with Gasteiger partial charge < -0.3 is 4.90 Å². The van der Waals surface area contributed by atoms with Crippen molar-refractivity contribution in [2.75, 3.05) is 18.9 Å². The highest BCUT2D eigenvalue weighted by Gasteiger charge is 2.13. The van der Waals surface area contributed by atoms with E-state index in [1.807, 2.05) is 57.3 Å². The van der Waals surface area contributed by atoms with Crippen molar-refractivity contribution in [3.63, 3.8) is 0 Å². The number of aryl methyl sites for hydroxylation is 2. The number of hydrogen-bond acceptors (Lipinski definition) is 3. The molecule has 142 valence electrons.